The summed E-state index contributed by atoms with van der Waals surface area (Å²) in [5, 5.41) is 9.80. The second-order valence-corrected chi connectivity index (χ2v) is 9.44. The lowest BCUT2D eigenvalue weighted by Crippen LogP contribution is -2.50. The molecule has 1 aliphatic heterocycles. The highest BCUT2D eigenvalue weighted by molar-refractivity contribution is 5.97. The number of aromatic nitrogens is 1. The summed E-state index contributed by atoms with van der Waals surface area (Å²) in [6.07, 6.45) is 3.32. The summed E-state index contributed by atoms with van der Waals surface area (Å²) in [5.74, 6) is 5.75. The van der Waals surface area contributed by atoms with Crippen LogP contribution in [0.4, 0.5) is 4.39 Å². The van der Waals surface area contributed by atoms with Crippen LogP contribution in [-0.4, -0.2) is 70.6 Å². The number of amides is 2. The SMILES string of the molecule is C[C@H]1CN([C@@H](C)CO)C(=O)c2cc(C#CC3CC3)cnc2O[C@H]1CN(C)C(=O)c1ccc(F)cc1. The fourth-order valence-electron chi connectivity index (χ4n) is 3.97. The van der Waals surface area contributed by atoms with Gasteiger partial charge in [-0.25, -0.2) is 9.37 Å². The van der Waals surface area contributed by atoms with E-state index in [1.54, 1.807) is 31.1 Å². The van der Waals surface area contributed by atoms with Gasteiger partial charge in [0.2, 0.25) is 5.88 Å². The number of aliphatic hydroxyl groups excluding tert-OH is 1. The third kappa shape index (κ3) is 5.80. The Labute approximate surface area is 204 Å². The molecule has 2 aromatic rings. The number of likely N-dealkylation sites (N-methyl/N-ethyl adjacent to an activating group) is 1. The summed E-state index contributed by atoms with van der Waals surface area (Å²) in [4.78, 5) is 33.9. The predicted molar refractivity (Wildman–Crippen MR) is 128 cm³/mol. The van der Waals surface area contributed by atoms with Crippen LogP contribution >= 0.6 is 0 Å². The molecule has 8 heteroatoms. The zero-order chi connectivity index (χ0) is 25.1. The molecule has 0 spiro atoms. The van der Waals surface area contributed by atoms with Crippen molar-refractivity contribution in [3.8, 4) is 17.7 Å². The van der Waals surface area contributed by atoms with Crippen LogP contribution < -0.4 is 4.74 Å². The molecule has 0 bridgehead atoms. The van der Waals surface area contributed by atoms with Crippen molar-refractivity contribution in [2.24, 2.45) is 11.8 Å². The summed E-state index contributed by atoms with van der Waals surface area (Å²) >= 11 is 0. The van der Waals surface area contributed by atoms with Gasteiger partial charge in [-0.2, -0.15) is 0 Å². The number of rotatable bonds is 5. The van der Waals surface area contributed by atoms with Gasteiger partial charge in [-0.3, -0.25) is 9.59 Å². The Hall–Kier alpha value is -3.44. The molecule has 0 saturated heterocycles. The van der Waals surface area contributed by atoms with Gasteiger partial charge in [0.1, 0.15) is 17.5 Å². The van der Waals surface area contributed by atoms with Crippen LogP contribution in [0.2, 0.25) is 0 Å². The molecule has 1 fully saturated rings. The van der Waals surface area contributed by atoms with E-state index in [9.17, 15) is 19.1 Å². The van der Waals surface area contributed by atoms with E-state index in [1.165, 1.54) is 29.2 Å². The summed E-state index contributed by atoms with van der Waals surface area (Å²) in [7, 11) is 1.66. The molecule has 1 N–H and O–H groups in total. The molecule has 35 heavy (non-hydrogen) atoms. The second kappa shape index (κ2) is 10.4. The first-order valence-electron chi connectivity index (χ1n) is 11.9. The number of aliphatic hydroxyl groups is 1. The number of benzene rings is 1. The summed E-state index contributed by atoms with van der Waals surface area (Å²) in [6.45, 7) is 4.11. The highest BCUT2D eigenvalue weighted by Gasteiger charge is 2.34. The number of nitrogens with zero attached hydrogens (tertiary/aromatic N) is 3. The van der Waals surface area contributed by atoms with Gasteiger partial charge in [-0.1, -0.05) is 18.8 Å². The lowest BCUT2D eigenvalue weighted by atomic mass is 9.99. The Kier molecular flexibility index (Phi) is 7.37. The number of carbonyl (C=O) groups excluding carboxylic acids is 2. The number of carbonyl (C=O) groups is 2. The molecule has 1 aliphatic carbocycles. The molecular formula is C27H30FN3O4. The van der Waals surface area contributed by atoms with Crippen LogP contribution in [0.25, 0.3) is 0 Å². The van der Waals surface area contributed by atoms with Gasteiger partial charge in [-0.05, 0) is 50.1 Å². The molecule has 2 amide bonds. The zero-order valence-corrected chi connectivity index (χ0v) is 20.2. The molecule has 4 rings (SSSR count). The molecule has 0 unspecified atom stereocenters. The number of halogens is 1. The number of pyridine rings is 1. The van der Waals surface area contributed by atoms with Crippen LogP contribution in [0.5, 0.6) is 5.88 Å². The number of hydrogen-bond acceptors (Lipinski definition) is 5. The van der Waals surface area contributed by atoms with Crippen LogP contribution in [0, 0.1) is 29.5 Å². The third-order valence-electron chi connectivity index (χ3n) is 6.41. The van der Waals surface area contributed by atoms with E-state index >= 15 is 0 Å². The van der Waals surface area contributed by atoms with E-state index < -0.39 is 18.0 Å². The van der Waals surface area contributed by atoms with Crippen LogP contribution in [0.15, 0.2) is 36.5 Å². The van der Waals surface area contributed by atoms with E-state index in [0.717, 1.165) is 12.8 Å². The average Bonchev–Trinajstić information content (AvgIpc) is 3.69. The minimum atomic E-state index is -0.472. The minimum Gasteiger partial charge on any atom is -0.472 e. The minimum absolute atomic E-state index is 0.166. The molecule has 2 aliphatic rings. The molecule has 1 aromatic heterocycles. The number of fused-ring (bicyclic) bond motifs is 1. The van der Waals surface area contributed by atoms with E-state index in [1.807, 2.05) is 6.92 Å². The van der Waals surface area contributed by atoms with Gasteiger partial charge < -0.3 is 19.6 Å². The largest absolute Gasteiger partial charge is 0.472 e. The first-order chi connectivity index (χ1) is 16.8. The van der Waals surface area contributed by atoms with Crippen molar-refractivity contribution in [2.75, 3.05) is 26.7 Å². The average molecular weight is 480 g/mol. The van der Waals surface area contributed by atoms with Crippen molar-refractivity contribution in [1.82, 2.24) is 14.8 Å². The molecule has 0 radical (unpaired) electrons. The van der Waals surface area contributed by atoms with Gasteiger partial charge in [0, 0.05) is 42.8 Å². The van der Waals surface area contributed by atoms with Crippen LogP contribution in [0.1, 0.15) is 53.0 Å². The normalized spacial score (nSPS) is 20.5. The summed E-state index contributed by atoms with van der Waals surface area (Å²) in [6, 6.07) is 6.68. The topological polar surface area (TPSA) is 83.0 Å². The number of hydrogen-bond donors (Lipinski definition) is 1. The van der Waals surface area contributed by atoms with Crippen LogP contribution in [0.3, 0.4) is 0 Å². The highest BCUT2D eigenvalue weighted by Crippen LogP contribution is 2.29. The van der Waals surface area contributed by atoms with Crippen molar-refractivity contribution in [3.05, 3.63) is 59.0 Å². The fourth-order valence-corrected chi connectivity index (χ4v) is 3.97. The van der Waals surface area contributed by atoms with E-state index in [0.29, 0.717) is 23.6 Å². The van der Waals surface area contributed by atoms with Gasteiger partial charge in [0.15, 0.2) is 0 Å². The maximum absolute atomic E-state index is 13.4. The quantitative estimate of drug-likeness (QED) is 0.667. The Morgan fingerprint density at radius 1 is 1.34 bits per heavy atom. The van der Waals surface area contributed by atoms with Gasteiger partial charge in [-0.15, -0.1) is 0 Å². The monoisotopic (exact) mass is 479 g/mol. The van der Waals surface area contributed by atoms with Crippen molar-refractivity contribution in [3.63, 3.8) is 0 Å². The fraction of sp³-hybridized carbons (Fsp3) is 0.444. The van der Waals surface area contributed by atoms with Crippen LogP contribution in [-0.2, 0) is 0 Å². The molecule has 1 saturated carbocycles. The smallest absolute Gasteiger partial charge is 0.259 e. The molecular weight excluding hydrogens is 449 g/mol. The maximum Gasteiger partial charge on any atom is 0.259 e. The predicted octanol–water partition coefficient (Wildman–Crippen LogP) is 2.97. The molecule has 3 atom stereocenters. The van der Waals surface area contributed by atoms with E-state index in [4.69, 9.17) is 4.74 Å². The lowest BCUT2D eigenvalue weighted by Gasteiger charge is -2.37. The second-order valence-electron chi connectivity index (χ2n) is 9.44. The Morgan fingerprint density at radius 3 is 2.71 bits per heavy atom. The van der Waals surface area contributed by atoms with Gasteiger partial charge in [0.25, 0.3) is 11.8 Å². The highest BCUT2D eigenvalue weighted by atomic mass is 19.1. The van der Waals surface area contributed by atoms with E-state index in [-0.39, 0.29) is 42.3 Å². The summed E-state index contributed by atoms with van der Waals surface area (Å²) < 4.78 is 19.5. The molecule has 184 valence electrons. The van der Waals surface area contributed by atoms with Crippen molar-refractivity contribution >= 4 is 11.8 Å². The third-order valence-corrected chi connectivity index (χ3v) is 6.41. The maximum atomic E-state index is 13.4. The first-order valence-corrected chi connectivity index (χ1v) is 11.9. The lowest BCUT2D eigenvalue weighted by molar-refractivity contribution is 0.0313. The van der Waals surface area contributed by atoms with Crippen molar-refractivity contribution < 1.29 is 23.8 Å². The van der Waals surface area contributed by atoms with E-state index in [2.05, 4.69) is 16.8 Å². The van der Waals surface area contributed by atoms with Crippen molar-refractivity contribution in [1.29, 1.82) is 0 Å². The molecule has 2 heterocycles. The Balaban J connectivity index is 1.62. The Morgan fingerprint density at radius 2 is 2.06 bits per heavy atom. The molecule has 7 nitrogen and oxygen atoms in total. The van der Waals surface area contributed by atoms with Gasteiger partial charge >= 0.3 is 0 Å². The molecule has 1 aromatic carbocycles. The van der Waals surface area contributed by atoms with Gasteiger partial charge in [0.05, 0.1) is 19.2 Å². The standard InChI is InChI=1S/C27H30FN3O4/c1-17-14-31(18(2)16-32)27(34)23-12-20(7-6-19-4-5-19)13-29-25(23)35-24(17)15-30(3)26(33)21-8-10-22(28)11-9-21/h8-13,17-19,24,32H,4-5,14-16H2,1-3H3/t17-,18-,24-/m0/s1. The van der Waals surface area contributed by atoms with Crippen molar-refractivity contribution in [2.45, 2.75) is 38.8 Å². The Bertz CT molecular complexity index is 1150. The first kappa shape index (κ1) is 24.7. The number of ether oxygens (including phenoxy) is 1. The summed E-state index contributed by atoms with van der Waals surface area (Å²) in [5.41, 5.74) is 1.30. The zero-order valence-electron chi connectivity index (χ0n) is 20.2.